The Labute approximate surface area is 162 Å². The molecule has 2 aromatic heterocycles. The normalized spacial score (nSPS) is 11.0. The molecule has 5 heteroatoms. The minimum Gasteiger partial charge on any atom is -0.748 e. The van der Waals surface area contributed by atoms with Gasteiger partial charge in [-0.1, -0.05) is 8.58 Å². The van der Waals surface area contributed by atoms with Gasteiger partial charge in [-0.15, -0.1) is 10.6 Å². The van der Waals surface area contributed by atoms with Crippen LogP contribution >= 0.6 is 17.2 Å². The van der Waals surface area contributed by atoms with E-state index in [1.807, 2.05) is 56.3 Å². The minimum atomic E-state index is 0. The molecule has 0 saturated heterocycles. The van der Waals surface area contributed by atoms with E-state index in [4.69, 9.17) is 8.83 Å². The van der Waals surface area contributed by atoms with Crippen molar-refractivity contribution in [3.8, 4) is 0 Å². The first-order chi connectivity index (χ1) is 11.7. The molecule has 25 heavy (non-hydrogen) atoms. The summed E-state index contributed by atoms with van der Waals surface area (Å²) in [6.07, 6.45) is 0. The molecule has 0 amide bonds. The third kappa shape index (κ3) is 6.14. The average Bonchev–Trinajstić information content (AvgIpc) is 3.32. The first-order valence-corrected chi connectivity index (χ1v) is 9.80. The zero-order valence-corrected chi connectivity index (χ0v) is 17.2. The van der Waals surface area contributed by atoms with E-state index in [0.717, 1.165) is 22.5 Å². The van der Waals surface area contributed by atoms with E-state index in [1.54, 1.807) is 0 Å². The number of furan rings is 2. The van der Waals surface area contributed by atoms with Crippen LogP contribution in [-0.4, -0.2) is 0 Å². The van der Waals surface area contributed by atoms with Gasteiger partial charge in [-0.3, -0.25) is 0 Å². The van der Waals surface area contributed by atoms with Crippen molar-refractivity contribution in [3.63, 3.8) is 0 Å². The van der Waals surface area contributed by atoms with Crippen LogP contribution in [0.4, 0.5) is 0 Å². The van der Waals surface area contributed by atoms with Gasteiger partial charge in [0.05, 0.1) is 0 Å². The van der Waals surface area contributed by atoms with Crippen molar-refractivity contribution in [2.75, 3.05) is 0 Å². The topological polar surface area (TPSA) is 26.3 Å². The predicted molar refractivity (Wildman–Crippen MR) is 106 cm³/mol. The summed E-state index contributed by atoms with van der Waals surface area (Å²) in [6.45, 7) is 3.96. The Hall–Kier alpha value is -1.36. The number of hydrogen-bond acceptors (Lipinski definition) is 2. The molecule has 0 aliphatic heterocycles. The van der Waals surface area contributed by atoms with E-state index in [9.17, 15) is 0 Å². The quantitative estimate of drug-likeness (QED) is 0.290. The maximum absolute atomic E-state index is 5.66. The fourth-order valence-corrected chi connectivity index (χ4v) is 4.69. The number of hydrogen-bond donors (Lipinski definition) is 0. The SMILES string of the molecule is Cc1ccc(Pc2ccc[c-]2Pc2ccc(C)o2)o1.[Fe].[cH-]1[cH-][cH-][cH-][cH-]1. The van der Waals surface area contributed by atoms with Crippen molar-refractivity contribution in [1.82, 2.24) is 0 Å². The summed E-state index contributed by atoms with van der Waals surface area (Å²) in [6, 6.07) is 24.6. The van der Waals surface area contributed by atoms with E-state index >= 15 is 0 Å². The Bertz CT molecular complexity index is 782. The third-order valence-corrected chi connectivity index (χ3v) is 6.06. The van der Waals surface area contributed by atoms with Crippen LogP contribution in [0.25, 0.3) is 0 Å². The summed E-state index contributed by atoms with van der Waals surface area (Å²) in [5, 5.41) is 2.70. The van der Waals surface area contributed by atoms with Crippen LogP contribution in [-0.2, 0) is 17.1 Å². The summed E-state index contributed by atoms with van der Waals surface area (Å²) in [5.41, 5.74) is 2.09. The summed E-state index contributed by atoms with van der Waals surface area (Å²) in [7, 11) is 1.16. The maximum Gasteiger partial charge on any atom is 0.125 e. The second-order valence-electron chi connectivity index (χ2n) is 5.39. The fraction of sp³-hybridized carbons (Fsp3) is 0.100. The number of aryl methyl sites for hydroxylation is 2. The van der Waals surface area contributed by atoms with Gasteiger partial charge >= 0.3 is 0 Å². The summed E-state index contributed by atoms with van der Waals surface area (Å²) < 4.78 is 11.3. The van der Waals surface area contributed by atoms with Gasteiger partial charge in [0, 0.05) is 17.1 Å². The molecule has 136 valence electrons. The second-order valence-corrected chi connectivity index (χ2v) is 7.95. The largest absolute Gasteiger partial charge is 0.748 e. The Morgan fingerprint density at radius 1 is 0.800 bits per heavy atom. The molecular weight excluding hydrogens is 390 g/mol. The molecule has 2 atom stereocenters. The van der Waals surface area contributed by atoms with E-state index in [0.29, 0.717) is 17.2 Å². The first kappa shape index (κ1) is 20.0. The average molecular weight is 410 g/mol. The maximum atomic E-state index is 5.66. The smallest absolute Gasteiger partial charge is 0.125 e. The van der Waals surface area contributed by atoms with Gasteiger partial charge in [-0.05, 0) is 46.7 Å². The van der Waals surface area contributed by atoms with Gasteiger partial charge in [0.2, 0.25) is 0 Å². The molecule has 0 aliphatic rings. The molecule has 4 rings (SSSR count). The van der Waals surface area contributed by atoms with Crippen LogP contribution in [0.5, 0.6) is 0 Å². The van der Waals surface area contributed by atoms with Gasteiger partial charge in [-0.2, -0.15) is 6.07 Å². The van der Waals surface area contributed by atoms with Crippen LogP contribution < -0.4 is 21.6 Å². The fourth-order valence-electron chi connectivity index (χ4n) is 2.23. The molecular formula is C20H20FeO2P2-6. The van der Waals surface area contributed by atoms with Crippen molar-refractivity contribution in [1.29, 1.82) is 0 Å². The molecule has 0 fully saturated rings. The van der Waals surface area contributed by atoms with Crippen LogP contribution in [0.3, 0.4) is 0 Å². The Morgan fingerprint density at radius 2 is 1.36 bits per heavy atom. The Kier molecular flexibility index (Phi) is 7.94. The molecule has 4 aromatic rings. The molecule has 2 aromatic carbocycles. The molecule has 0 saturated carbocycles. The Balaban J connectivity index is 0.000000325. The van der Waals surface area contributed by atoms with Gasteiger partial charge in [0.15, 0.2) is 0 Å². The predicted octanol–water partition coefficient (Wildman–Crippen LogP) is 3.87. The summed E-state index contributed by atoms with van der Waals surface area (Å²) in [4.78, 5) is 0. The molecule has 0 spiro atoms. The van der Waals surface area contributed by atoms with Gasteiger partial charge in [-0.25, -0.2) is 12.1 Å². The molecule has 0 aliphatic carbocycles. The molecule has 0 radical (unpaired) electrons. The van der Waals surface area contributed by atoms with Crippen LogP contribution in [0, 0.1) is 13.8 Å². The van der Waals surface area contributed by atoms with Crippen LogP contribution in [0.15, 0.2) is 81.6 Å². The number of rotatable bonds is 4. The van der Waals surface area contributed by atoms with E-state index < -0.39 is 0 Å². The first-order valence-electron chi connectivity index (χ1n) is 7.80. The molecule has 2 unspecified atom stereocenters. The molecule has 0 N–H and O–H groups in total. The van der Waals surface area contributed by atoms with Gasteiger partial charge < -0.3 is 39.2 Å². The van der Waals surface area contributed by atoms with Gasteiger partial charge in [0.25, 0.3) is 0 Å². The van der Waals surface area contributed by atoms with E-state index in [-0.39, 0.29) is 17.1 Å². The second kappa shape index (κ2) is 9.95. The zero-order valence-electron chi connectivity index (χ0n) is 14.1. The summed E-state index contributed by atoms with van der Waals surface area (Å²) >= 11 is 0. The monoisotopic (exact) mass is 410 g/mol. The summed E-state index contributed by atoms with van der Waals surface area (Å²) in [5.74, 6) is 1.94. The van der Waals surface area contributed by atoms with Crippen molar-refractivity contribution >= 4 is 38.8 Å². The van der Waals surface area contributed by atoms with E-state index in [1.165, 1.54) is 10.6 Å². The van der Waals surface area contributed by atoms with Gasteiger partial charge in [0.1, 0.15) is 22.5 Å². The van der Waals surface area contributed by atoms with Crippen LogP contribution in [0.2, 0.25) is 0 Å². The van der Waals surface area contributed by atoms with Crippen molar-refractivity contribution in [3.05, 3.63) is 84.3 Å². The van der Waals surface area contributed by atoms with Crippen molar-refractivity contribution in [2.45, 2.75) is 13.8 Å². The minimum absolute atomic E-state index is 0. The molecule has 0 bridgehead atoms. The standard InChI is InChI=1S/C15H15O2P2.C5H5.Fe/c1-10-6-8-14(16-10)18-12-4-3-5-13(12)19-15-9-7-11(2)17-15;1-2-4-5-3-1;/h3-9,18-19H,1-2H3;1-5H;/q-1;-5;. The third-order valence-electron chi connectivity index (χ3n) is 3.37. The molecule has 2 heterocycles. The van der Waals surface area contributed by atoms with Crippen molar-refractivity contribution < 1.29 is 25.9 Å². The van der Waals surface area contributed by atoms with E-state index in [2.05, 4.69) is 30.3 Å². The van der Waals surface area contributed by atoms with Crippen molar-refractivity contribution in [2.24, 2.45) is 0 Å². The zero-order chi connectivity index (χ0) is 16.8. The molecule has 2 nitrogen and oxygen atoms in total. The Morgan fingerprint density at radius 3 is 1.88 bits per heavy atom. The van der Waals surface area contributed by atoms with Crippen LogP contribution in [0.1, 0.15) is 11.5 Å².